The summed E-state index contributed by atoms with van der Waals surface area (Å²) in [7, 11) is 0. The molecule has 0 aromatic rings. The molecule has 0 bridgehead atoms. The van der Waals surface area contributed by atoms with Gasteiger partial charge in [0.1, 0.15) is 0 Å². The molecule has 0 aliphatic heterocycles. The highest BCUT2D eigenvalue weighted by Gasteiger charge is 2.06. The van der Waals surface area contributed by atoms with Gasteiger partial charge in [-0.15, -0.1) is 0 Å². The molecule has 1 aliphatic carbocycles. The van der Waals surface area contributed by atoms with Crippen molar-refractivity contribution in [2.75, 3.05) is 0 Å². The average molecular weight is 176 g/mol. The normalized spacial score (nSPS) is 25.1. The molecule has 1 saturated carbocycles. The molecule has 0 N–H and O–H groups in total. The number of hydrogen-bond donors (Lipinski definition) is 0. The van der Waals surface area contributed by atoms with Crippen LogP contribution < -0.4 is 0 Å². The first-order valence-corrected chi connectivity index (χ1v) is 4.27. The van der Waals surface area contributed by atoms with E-state index in [1.54, 1.807) is 0 Å². The molecule has 0 aromatic heterocycles. The van der Waals surface area contributed by atoms with E-state index in [0.29, 0.717) is 0 Å². The SMILES string of the molecule is BrC1CC[CH]CCC1. The molecule has 1 atom stereocenters. The van der Waals surface area contributed by atoms with Gasteiger partial charge in [0.25, 0.3) is 0 Å². The van der Waals surface area contributed by atoms with Gasteiger partial charge in [0.15, 0.2) is 0 Å². The lowest BCUT2D eigenvalue weighted by Crippen LogP contribution is -1.92. The molecule has 0 heterocycles. The quantitative estimate of drug-likeness (QED) is 0.393. The molecule has 1 aliphatic rings. The largest absolute Gasteiger partial charge is 0.0891 e. The predicted molar refractivity (Wildman–Crippen MR) is 40.1 cm³/mol. The second kappa shape index (κ2) is 3.49. The molecule has 0 nitrogen and oxygen atoms in total. The number of halogens is 1. The molecule has 1 rings (SSSR count). The molecule has 8 heavy (non-hydrogen) atoms. The third-order valence-electron chi connectivity index (χ3n) is 1.61. The molecular formula is C7H12Br. The van der Waals surface area contributed by atoms with E-state index in [-0.39, 0.29) is 0 Å². The highest BCUT2D eigenvalue weighted by molar-refractivity contribution is 9.09. The minimum Gasteiger partial charge on any atom is -0.0891 e. The van der Waals surface area contributed by atoms with Crippen LogP contribution in [-0.2, 0) is 0 Å². The van der Waals surface area contributed by atoms with E-state index in [0.717, 1.165) is 4.83 Å². The van der Waals surface area contributed by atoms with Crippen molar-refractivity contribution >= 4 is 15.9 Å². The number of alkyl halides is 1. The van der Waals surface area contributed by atoms with Crippen LogP contribution in [0.4, 0.5) is 0 Å². The Morgan fingerprint density at radius 2 is 2.12 bits per heavy atom. The maximum absolute atomic E-state index is 3.62. The second-order valence-electron chi connectivity index (χ2n) is 2.39. The zero-order valence-corrected chi connectivity index (χ0v) is 6.65. The first kappa shape index (κ1) is 6.60. The Bertz CT molecular complexity index is 53.4. The molecule has 47 valence electrons. The van der Waals surface area contributed by atoms with Crippen molar-refractivity contribution in [3.8, 4) is 0 Å². The molecule has 0 amide bonds. The Hall–Kier alpha value is 0.480. The highest BCUT2D eigenvalue weighted by atomic mass is 79.9. The van der Waals surface area contributed by atoms with Crippen LogP contribution in [0.3, 0.4) is 0 Å². The van der Waals surface area contributed by atoms with E-state index in [9.17, 15) is 0 Å². The zero-order valence-electron chi connectivity index (χ0n) is 5.07. The summed E-state index contributed by atoms with van der Waals surface area (Å²) in [6.07, 6.45) is 9.16. The van der Waals surface area contributed by atoms with Crippen molar-refractivity contribution in [3.63, 3.8) is 0 Å². The highest BCUT2D eigenvalue weighted by Crippen LogP contribution is 2.21. The van der Waals surface area contributed by atoms with Crippen molar-refractivity contribution in [3.05, 3.63) is 6.42 Å². The van der Waals surface area contributed by atoms with Crippen molar-refractivity contribution in [1.82, 2.24) is 0 Å². The first-order chi connectivity index (χ1) is 3.89. The van der Waals surface area contributed by atoms with Gasteiger partial charge in [-0.05, 0) is 25.7 Å². The average Bonchev–Trinajstić information content (AvgIpc) is 1.94. The van der Waals surface area contributed by atoms with Gasteiger partial charge in [-0.1, -0.05) is 28.8 Å². The standard InChI is InChI=1S/C7H12Br/c8-7-5-3-1-2-4-6-7/h1,7H,2-6H2. The Morgan fingerprint density at radius 1 is 1.25 bits per heavy atom. The van der Waals surface area contributed by atoms with Crippen LogP contribution in [0.2, 0.25) is 0 Å². The summed E-state index contributed by atoms with van der Waals surface area (Å²) in [4.78, 5) is 0.807. The van der Waals surface area contributed by atoms with E-state index in [4.69, 9.17) is 0 Å². The monoisotopic (exact) mass is 175 g/mol. The van der Waals surface area contributed by atoms with Crippen LogP contribution in [0.5, 0.6) is 0 Å². The third kappa shape index (κ3) is 2.17. The molecule has 0 saturated heterocycles. The summed E-state index contributed by atoms with van der Waals surface area (Å²) in [5, 5.41) is 0. The first-order valence-electron chi connectivity index (χ1n) is 3.35. The van der Waals surface area contributed by atoms with E-state index in [2.05, 4.69) is 22.4 Å². The van der Waals surface area contributed by atoms with Crippen LogP contribution >= 0.6 is 15.9 Å². The maximum atomic E-state index is 3.62. The Labute approximate surface area is 59.8 Å². The van der Waals surface area contributed by atoms with Crippen LogP contribution in [0.15, 0.2) is 0 Å². The topological polar surface area (TPSA) is 0 Å². The molecular weight excluding hydrogens is 164 g/mol. The van der Waals surface area contributed by atoms with Gasteiger partial charge in [-0.2, -0.15) is 0 Å². The van der Waals surface area contributed by atoms with Crippen molar-refractivity contribution in [2.45, 2.75) is 36.9 Å². The van der Waals surface area contributed by atoms with E-state index in [1.807, 2.05) is 0 Å². The van der Waals surface area contributed by atoms with Crippen LogP contribution in [-0.4, -0.2) is 4.83 Å². The van der Waals surface area contributed by atoms with Gasteiger partial charge >= 0.3 is 0 Å². The van der Waals surface area contributed by atoms with E-state index in [1.165, 1.54) is 32.1 Å². The molecule has 0 aromatic carbocycles. The van der Waals surface area contributed by atoms with Crippen LogP contribution in [0, 0.1) is 6.42 Å². The third-order valence-corrected chi connectivity index (χ3v) is 2.53. The lowest BCUT2D eigenvalue weighted by molar-refractivity contribution is 0.729. The molecule has 1 unspecified atom stereocenters. The fourth-order valence-electron chi connectivity index (χ4n) is 1.07. The second-order valence-corrected chi connectivity index (χ2v) is 3.69. The minimum atomic E-state index is 0.807. The van der Waals surface area contributed by atoms with Gasteiger partial charge in [-0.3, -0.25) is 0 Å². The summed E-state index contributed by atoms with van der Waals surface area (Å²) >= 11 is 3.62. The van der Waals surface area contributed by atoms with Crippen LogP contribution in [0.25, 0.3) is 0 Å². The lowest BCUT2D eigenvalue weighted by atomic mass is 10.2. The fraction of sp³-hybridized carbons (Fsp3) is 0.857. The Kier molecular flexibility index (Phi) is 2.88. The smallest absolute Gasteiger partial charge is 0.0145 e. The van der Waals surface area contributed by atoms with Crippen molar-refractivity contribution in [1.29, 1.82) is 0 Å². The maximum Gasteiger partial charge on any atom is 0.0145 e. The molecule has 1 radical (unpaired) electrons. The van der Waals surface area contributed by atoms with Gasteiger partial charge in [-0.25, -0.2) is 0 Å². The van der Waals surface area contributed by atoms with Gasteiger partial charge in [0.05, 0.1) is 0 Å². The minimum absolute atomic E-state index is 0.807. The summed E-state index contributed by atoms with van der Waals surface area (Å²) in [6, 6.07) is 0. The van der Waals surface area contributed by atoms with Crippen LogP contribution in [0.1, 0.15) is 32.1 Å². The van der Waals surface area contributed by atoms with Crippen molar-refractivity contribution in [2.24, 2.45) is 0 Å². The predicted octanol–water partition coefficient (Wildman–Crippen LogP) is 2.92. The summed E-state index contributed by atoms with van der Waals surface area (Å²) in [5.41, 5.74) is 0. The Balaban J connectivity index is 2.17. The van der Waals surface area contributed by atoms with E-state index >= 15 is 0 Å². The molecule has 0 spiro atoms. The van der Waals surface area contributed by atoms with E-state index < -0.39 is 0 Å². The molecule has 1 heteroatoms. The zero-order chi connectivity index (χ0) is 5.82. The summed E-state index contributed by atoms with van der Waals surface area (Å²) in [6.45, 7) is 0. The Morgan fingerprint density at radius 3 is 3.00 bits per heavy atom. The summed E-state index contributed by atoms with van der Waals surface area (Å²) < 4.78 is 0. The fourth-order valence-corrected chi connectivity index (χ4v) is 1.66. The molecule has 1 fully saturated rings. The number of hydrogen-bond acceptors (Lipinski definition) is 0. The van der Waals surface area contributed by atoms with Crippen molar-refractivity contribution < 1.29 is 0 Å². The van der Waals surface area contributed by atoms with Gasteiger partial charge < -0.3 is 0 Å². The van der Waals surface area contributed by atoms with Gasteiger partial charge in [0.2, 0.25) is 0 Å². The number of rotatable bonds is 0. The van der Waals surface area contributed by atoms with Gasteiger partial charge in [0, 0.05) is 4.83 Å². The lowest BCUT2D eigenvalue weighted by Gasteiger charge is -2.00. The summed E-state index contributed by atoms with van der Waals surface area (Å²) in [5.74, 6) is 0.